The van der Waals surface area contributed by atoms with Gasteiger partial charge in [0.15, 0.2) is 0 Å². The highest BCUT2D eigenvalue weighted by Crippen LogP contribution is 2.14. The van der Waals surface area contributed by atoms with E-state index in [1.54, 1.807) is 17.0 Å². The van der Waals surface area contributed by atoms with Crippen molar-refractivity contribution in [1.82, 2.24) is 10.2 Å². The summed E-state index contributed by atoms with van der Waals surface area (Å²) in [6.45, 7) is 7.69. The summed E-state index contributed by atoms with van der Waals surface area (Å²) in [6.07, 6.45) is 0.862. The molecule has 0 aromatic heterocycles. The van der Waals surface area contributed by atoms with Crippen molar-refractivity contribution in [2.24, 2.45) is 5.92 Å². The van der Waals surface area contributed by atoms with Crippen LogP contribution in [0.2, 0.25) is 0 Å². The Morgan fingerprint density at radius 1 is 1.35 bits per heavy atom. The molecule has 0 bridgehead atoms. The average Bonchev–Trinajstić information content (AvgIpc) is 2.59. The van der Waals surface area contributed by atoms with Gasteiger partial charge < -0.3 is 15.0 Å². The van der Waals surface area contributed by atoms with Crippen LogP contribution in [0, 0.1) is 5.92 Å². The Kier molecular flexibility index (Phi) is 6.16. The van der Waals surface area contributed by atoms with E-state index in [1.165, 1.54) is 0 Å². The van der Waals surface area contributed by atoms with E-state index in [1.807, 2.05) is 39.0 Å². The minimum absolute atomic E-state index is 0.0150. The van der Waals surface area contributed by atoms with E-state index in [4.69, 9.17) is 4.74 Å². The molecular formula is C18H26N2O3. The van der Waals surface area contributed by atoms with Crippen LogP contribution in [0.4, 0.5) is 0 Å². The standard InChI is InChI=1S/C18H26N2O3/c1-4-13(2)16(18(22)20-10-11-23-14(3)12-20)19-17(21)15-8-6-5-7-9-15/h5-9,13-14,16H,4,10-12H2,1-3H3,(H,19,21)/t13-,14?,16-/m0/s1. The number of hydrogen-bond donors (Lipinski definition) is 1. The van der Waals surface area contributed by atoms with E-state index in [2.05, 4.69) is 5.32 Å². The molecule has 1 saturated heterocycles. The predicted octanol–water partition coefficient (Wildman–Crippen LogP) is 2.08. The first-order chi connectivity index (χ1) is 11.0. The van der Waals surface area contributed by atoms with Gasteiger partial charge in [0, 0.05) is 18.7 Å². The van der Waals surface area contributed by atoms with Crippen molar-refractivity contribution in [3.05, 3.63) is 35.9 Å². The van der Waals surface area contributed by atoms with Gasteiger partial charge in [0.05, 0.1) is 12.7 Å². The molecule has 23 heavy (non-hydrogen) atoms. The van der Waals surface area contributed by atoms with E-state index in [-0.39, 0.29) is 23.8 Å². The Bertz CT molecular complexity index is 532. The average molecular weight is 318 g/mol. The van der Waals surface area contributed by atoms with Crippen LogP contribution < -0.4 is 5.32 Å². The Balaban J connectivity index is 2.10. The van der Waals surface area contributed by atoms with Gasteiger partial charge in [-0.3, -0.25) is 9.59 Å². The molecule has 5 heteroatoms. The molecule has 0 spiro atoms. The van der Waals surface area contributed by atoms with Crippen LogP contribution in [0.15, 0.2) is 30.3 Å². The normalized spacial score (nSPS) is 20.7. The number of nitrogens with zero attached hydrogens (tertiary/aromatic N) is 1. The monoisotopic (exact) mass is 318 g/mol. The number of morpholine rings is 1. The van der Waals surface area contributed by atoms with Crippen LogP contribution in [0.3, 0.4) is 0 Å². The molecule has 1 aromatic rings. The van der Waals surface area contributed by atoms with E-state index in [9.17, 15) is 9.59 Å². The maximum Gasteiger partial charge on any atom is 0.251 e. The van der Waals surface area contributed by atoms with Gasteiger partial charge >= 0.3 is 0 Å². The Labute approximate surface area is 138 Å². The second-order valence-electron chi connectivity index (χ2n) is 6.17. The molecule has 0 saturated carbocycles. The molecule has 1 fully saturated rings. The van der Waals surface area contributed by atoms with Gasteiger partial charge in [-0.05, 0) is 25.0 Å². The summed E-state index contributed by atoms with van der Waals surface area (Å²) in [4.78, 5) is 27.1. The molecule has 3 atom stereocenters. The van der Waals surface area contributed by atoms with Crippen LogP contribution in [-0.2, 0) is 9.53 Å². The van der Waals surface area contributed by atoms with Crippen LogP contribution in [0.1, 0.15) is 37.6 Å². The summed E-state index contributed by atoms with van der Waals surface area (Å²) in [5, 5.41) is 2.92. The first-order valence-electron chi connectivity index (χ1n) is 8.29. The van der Waals surface area contributed by atoms with Crippen molar-refractivity contribution in [3.63, 3.8) is 0 Å². The van der Waals surface area contributed by atoms with Crippen molar-refractivity contribution in [2.45, 2.75) is 39.3 Å². The van der Waals surface area contributed by atoms with E-state index >= 15 is 0 Å². The molecule has 1 aliphatic heterocycles. The SMILES string of the molecule is CC[C@H](C)[C@H](NC(=O)c1ccccc1)C(=O)N1CCOC(C)C1. The van der Waals surface area contributed by atoms with E-state index in [0.717, 1.165) is 6.42 Å². The van der Waals surface area contributed by atoms with Crippen LogP contribution in [-0.4, -0.2) is 48.6 Å². The Morgan fingerprint density at radius 2 is 2.04 bits per heavy atom. The predicted molar refractivity (Wildman–Crippen MR) is 89.1 cm³/mol. The van der Waals surface area contributed by atoms with Crippen LogP contribution in [0.25, 0.3) is 0 Å². The van der Waals surface area contributed by atoms with Gasteiger partial charge in [0.2, 0.25) is 5.91 Å². The number of carbonyl (C=O) groups excluding carboxylic acids is 2. The van der Waals surface area contributed by atoms with Crippen molar-refractivity contribution in [3.8, 4) is 0 Å². The summed E-state index contributed by atoms with van der Waals surface area (Å²) in [5.41, 5.74) is 0.573. The lowest BCUT2D eigenvalue weighted by atomic mass is 9.97. The van der Waals surface area contributed by atoms with Gasteiger partial charge in [-0.1, -0.05) is 38.5 Å². The minimum atomic E-state index is -0.502. The molecule has 2 amide bonds. The quantitative estimate of drug-likeness (QED) is 0.904. The molecule has 5 nitrogen and oxygen atoms in total. The van der Waals surface area contributed by atoms with E-state index < -0.39 is 6.04 Å². The lowest BCUT2D eigenvalue weighted by Crippen LogP contribution is -2.55. The zero-order valence-corrected chi connectivity index (χ0v) is 14.1. The smallest absolute Gasteiger partial charge is 0.251 e. The number of hydrogen-bond acceptors (Lipinski definition) is 3. The minimum Gasteiger partial charge on any atom is -0.375 e. The number of ether oxygens (including phenoxy) is 1. The van der Waals surface area contributed by atoms with E-state index in [0.29, 0.717) is 25.3 Å². The molecule has 0 radical (unpaired) electrons. The maximum absolute atomic E-state index is 12.9. The highest BCUT2D eigenvalue weighted by molar-refractivity contribution is 5.97. The highest BCUT2D eigenvalue weighted by atomic mass is 16.5. The molecule has 1 heterocycles. The molecular weight excluding hydrogens is 292 g/mol. The first-order valence-corrected chi connectivity index (χ1v) is 8.29. The summed E-state index contributed by atoms with van der Waals surface area (Å²) in [7, 11) is 0. The summed E-state index contributed by atoms with van der Waals surface area (Å²) >= 11 is 0. The van der Waals surface area contributed by atoms with Crippen LogP contribution in [0.5, 0.6) is 0 Å². The zero-order valence-electron chi connectivity index (χ0n) is 14.1. The molecule has 1 aliphatic rings. The number of nitrogens with one attached hydrogen (secondary N) is 1. The molecule has 0 aliphatic carbocycles. The number of benzene rings is 1. The van der Waals surface area contributed by atoms with Crippen molar-refractivity contribution in [1.29, 1.82) is 0 Å². The summed E-state index contributed by atoms with van der Waals surface area (Å²) < 4.78 is 5.49. The molecule has 2 rings (SSSR count). The Hall–Kier alpha value is -1.88. The van der Waals surface area contributed by atoms with Gasteiger partial charge in [-0.25, -0.2) is 0 Å². The Morgan fingerprint density at radius 3 is 2.65 bits per heavy atom. The van der Waals surface area contributed by atoms with Gasteiger partial charge in [0.25, 0.3) is 5.91 Å². The zero-order chi connectivity index (χ0) is 16.8. The molecule has 1 aromatic carbocycles. The summed E-state index contributed by atoms with van der Waals surface area (Å²) in [5.74, 6) is -0.141. The highest BCUT2D eigenvalue weighted by Gasteiger charge is 2.32. The van der Waals surface area contributed by atoms with Gasteiger partial charge in [-0.2, -0.15) is 0 Å². The number of rotatable bonds is 5. The van der Waals surface area contributed by atoms with Crippen LogP contribution >= 0.6 is 0 Å². The fourth-order valence-electron chi connectivity index (χ4n) is 2.71. The van der Waals surface area contributed by atoms with Gasteiger partial charge in [0.1, 0.15) is 6.04 Å². The fourth-order valence-corrected chi connectivity index (χ4v) is 2.71. The first kappa shape index (κ1) is 17.5. The fraction of sp³-hybridized carbons (Fsp3) is 0.556. The topological polar surface area (TPSA) is 58.6 Å². The van der Waals surface area contributed by atoms with Crippen molar-refractivity contribution in [2.75, 3.05) is 19.7 Å². The maximum atomic E-state index is 12.9. The van der Waals surface area contributed by atoms with Gasteiger partial charge in [-0.15, -0.1) is 0 Å². The largest absolute Gasteiger partial charge is 0.375 e. The third-order valence-corrected chi connectivity index (χ3v) is 4.35. The third kappa shape index (κ3) is 4.55. The number of amides is 2. The lowest BCUT2D eigenvalue weighted by molar-refractivity contribution is -0.141. The van der Waals surface area contributed by atoms with Crippen molar-refractivity contribution < 1.29 is 14.3 Å². The number of carbonyl (C=O) groups is 2. The second-order valence-corrected chi connectivity index (χ2v) is 6.17. The second kappa shape index (κ2) is 8.11. The molecule has 126 valence electrons. The molecule has 1 unspecified atom stereocenters. The molecule has 1 N–H and O–H groups in total. The summed E-state index contributed by atoms with van der Waals surface area (Å²) in [6, 6.07) is 8.51. The lowest BCUT2D eigenvalue weighted by Gasteiger charge is -2.35. The third-order valence-electron chi connectivity index (χ3n) is 4.35. The van der Waals surface area contributed by atoms with Crippen molar-refractivity contribution >= 4 is 11.8 Å².